The van der Waals surface area contributed by atoms with E-state index in [1.54, 1.807) is 24.3 Å². The summed E-state index contributed by atoms with van der Waals surface area (Å²) in [5, 5.41) is 20.6. The van der Waals surface area contributed by atoms with Crippen LogP contribution in [0.4, 0.5) is 0 Å². The second kappa shape index (κ2) is 6.54. The molecule has 0 saturated heterocycles. The van der Waals surface area contributed by atoms with Crippen LogP contribution in [0, 0.1) is 0 Å². The topological polar surface area (TPSA) is 95.6 Å². The lowest BCUT2D eigenvalue weighted by Crippen LogP contribution is -2.24. The number of carbonyl (C=O) groups is 1. The zero-order valence-electron chi connectivity index (χ0n) is 12.4. The minimum absolute atomic E-state index is 0.0203. The Labute approximate surface area is 145 Å². The number of thiophene rings is 1. The van der Waals surface area contributed by atoms with Crippen LogP contribution in [0.2, 0.25) is 4.34 Å². The zero-order valence-corrected chi connectivity index (χ0v) is 14.0. The predicted molar refractivity (Wildman–Crippen MR) is 87.2 cm³/mol. The number of carboxylic acid groups (broad SMARTS) is 1. The minimum atomic E-state index is -1.26. The molecule has 1 N–H and O–H groups in total. The highest BCUT2D eigenvalue weighted by Gasteiger charge is 2.19. The number of carboxylic acids is 1. The Morgan fingerprint density at radius 2 is 2.21 bits per heavy atom. The van der Waals surface area contributed by atoms with Crippen molar-refractivity contribution in [3.63, 3.8) is 0 Å². The lowest BCUT2D eigenvalue weighted by atomic mass is 10.2. The lowest BCUT2D eigenvalue weighted by molar-refractivity contribution is -0.304. The number of aromatic hydroxyl groups is 1. The molecule has 6 nitrogen and oxygen atoms in total. The third kappa shape index (κ3) is 3.22. The fourth-order valence-electron chi connectivity index (χ4n) is 2.17. The fraction of sp³-hybridized carbons (Fsp3) is 0.125. The average Bonchev–Trinajstić information content (AvgIpc) is 3.13. The summed E-state index contributed by atoms with van der Waals surface area (Å²) in [6.45, 7) is 0. The molecule has 3 rings (SSSR count). The third-order valence-electron chi connectivity index (χ3n) is 3.23. The summed E-state index contributed by atoms with van der Waals surface area (Å²) in [6, 6.07) is 8.01. The van der Waals surface area contributed by atoms with Crippen molar-refractivity contribution >= 4 is 28.9 Å². The molecule has 0 aliphatic rings. The maximum absolute atomic E-state index is 11.0. The largest absolute Gasteiger partial charge is 0.550 e. The number of oxazole rings is 1. The summed E-state index contributed by atoms with van der Waals surface area (Å²) < 4.78 is 11.4. The van der Waals surface area contributed by atoms with Crippen molar-refractivity contribution in [2.45, 2.75) is 6.42 Å². The van der Waals surface area contributed by atoms with E-state index >= 15 is 0 Å². The van der Waals surface area contributed by atoms with Crippen molar-refractivity contribution in [2.75, 3.05) is 7.11 Å². The normalized spacial score (nSPS) is 10.8. The quantitative estimate of drug-likeness (QED) is 0.747. The molecular formula is C16H11ClNO5S-. The van der Waals surface area contributed by atoms with Crippen molar-refractivity contribution in [2.24, 2.45) is 0 Å². The highest BCUT2D eigenvalue weighted by Crippen LogP contribution is 2.37. The Bertz CT molecular complexity index is 902. The Balaban J connectivity index is 2.09. The van der Waals surface area contributed by atoms with E-state index in [0.29, 0.717) is 20.5 Å². The molecule has 0 saturated carbocycles. The van der Waals surface area contributed by atoms with Gasteiger partial charge in [-0.05, 0) is 30.3 Å². The molecule has 0 amide bonds. The van der Waals surface area contributed by atoms with Crippen molar-refractivity contribution in [1.82, 2.24) is 4.98 Å². The first-order chi connectivity index (χ1) is 11.5. The number of aliphatic carboxylic acids is 1. The number of carbonyl (C=O) groups excluding carboxylic acids is 1. The van der Waals surface area contributed by atoms with Gasteiger partial charge in [-0.15, -0.1) is 11.3 Å². The molecule has 0 spiro atoms. The van der Waals surface area contributed by atoms with Gasteiger partial charge in [-0.25, -0.2) is 4.98 Å². The molecule has 8 heteroatoms. The third-order valence-corrected chi connectivity index (χ3v) is 4.46. The smallest absolute Gasteiger partial charge is 0.227 e. The van der Waals surface area contributed by atoms with E-state index in [0.717, 1.165) is 0 Å². The Hall–Kier alpha value is -2.51. The summed E-state index contributed by atoms with van der Waals surface area (Å²) >= 11 is 7.19. The highest BCUT2D eigenvalue weighted by molar-refractivity contribution is 7.19. The lowest BCUT2D eigenvalue weighted by Gasteiger charge is -2.03. The molecule has 0 aliphatic carbocycles. The molecule has 24 heavy (non-hydrogen) atoms. The summed E-state index contributed by atoms with van der Waals surface area (Å²) in [7, 11) is 1.43. The SMILES string of the molecule is COc1cc(-c2nc(CC(=O)[O-])c(-c3ccc(Cl)s3)o2)ccc1O. The van der Waals surface area contributed by atoms with E-state index in [-0.39, 0.29) is 29.5 Å². The van der Waals surface area contributed by atoms with Crippen molar-refractivity contribution in [3.8, 4) is 33.6 Å². The van der Waals surface area contributed by atoms with Crippen LogP contribution in [0.15, 0.2) is 34.7 Å². The number of methoxy groups -OCH3 is 1. The molecule has 0 aliphatic heterocycles. The summed E-state index contributed by atoms with van der Waals surface area (Å²) in [5.74, 6) is -0.481. The van der Waals surface area contributed by atoms with Gasteiger partial charge in [-0.2, -0.15) is 0 Å². The van der Waals surface area contributed by atoms with E-state index in [9.17, 15) is 15.0 Å². The van der Waals surface area contributed by atoms with E-state index in [2.05, 4.69) is 4.98 Å². The van der Waals surface area contributed by atoms with Gasteiger partial charge in [0.25, 0.3) is 0 Å². The second-order valence-electron chi connectivity index (χ2n) is 4.83. The number of aromatic nitrogens is 1. The van der Waals surface area contributed by atoms with Crippen molar-refractivity contribution in [1.29, 1.82) is 0 Å². The van der Waals surface area contributed by atoms with Gasteiger partial charge in [0.2, 0.25) is 5.89 Å². The zero-order chi connectivity index (χ0) is 17.3. The molecular weight excluding hydrogens is 354 g/mol. The summed E-state index contributed by atoms with van der Waals surface area (Å²) in [5.41, 5.74) is 0.786. The minimum Gasteiger partial charge on any atom is -0.550 e. The van der Waals surface area contributed by atoms with Crippen LogP contribution >= 0.6 is 22.9 Å². The first-order valence-electron chi connectivity index (χ1n) is 6.80. The van der Waals surface area contributed by atoms with Crippen LogP contribution in [0.1, 0.15) is 5.69 Å². The Kier molecular flexibility index (Phi) is 4.46. The number of hydrogen-bond donors (Lipinski definition) is 1. The van der Waals surface area contributed by atoms with Gasteiger partial charge in [-0.1, -0.05) is 11.6 Å². The summed E-state index contributed by atoms with van der Waals surface area (Å²) in [6.07, 6.45) is -0.385. The number of ether oxygens (including phenoxy) is 1. The molecule has 124 valence electrons. The van der Waals surface area contributed by atoms with Gasteiger partial charge in [0.15, 0.2) is 17.3 Å². The van der Waals surface area contributed by atoms with Gasteiger partial charge in [0.1, 0.15) is 0 Å². The molecule has 0 radical (unpaired) electrons. The van der Waals surface area contributed by atoms with E-state index in [4.69, 9.17) is 20.8 Å². The molecule has 0 unspecified atom stereocenters. The highest BCUT2D eigenvalue weighted by atomic mass is 35.5. The predicted octanol–water partition coefficient (Wildman–Crippen LogP) is 2.73. The number of benzene rings is 1. The van der Waals surface area contributed by atoms with Crippen LogP contribution in [0.3, 0.4) is 0 Å². The van der Waals surface area contributed by atoms with Crippen LogP contribution in [0.5, 0.6) is 11.5 Å². The maximum atomic E-state index is 11.0. The fourth-order valence-corrected chi connectivity index (χ4v) is 3.22. The van der Waals surface area contributed by atoms with E-state index in [1.807, 2.05) is 0 Å². The molecule has 0 atom stereocenters. The molecule has 0 fully saturated rings. The Morgan fingerprint density at radius 1 is 1.42 bits per heavy atom. The van der Waals surface area contributed by atoms with Crippen LogP contribution < -0.4 is 9.84 Å². The molecule has 2 heterocycles. The van der Waals surface area contributed by atoms with E-state index in [1.165, 1.54) is 24.5 Å². The first-order valence-corrected chi connectivity index (χ1v) is 8.00. The first kappa shape index (κ1) is 16.4. The number of nitrogens with zero attached hydrogens (tertiary/aromatic N) is 1. The molecule has 2 aromatic heterocycles. The molecule has 3 aromatic rings. The van der Waals surface area contributed by atoms with Crippen LogP contribution in [0.25, 0.3) is 22.1 Å². The van der Waals surface area contributed by atoms with Gasteiger partial charge in [0, 0.05) is 18.0 Å². The van der Waals surface area contributed by atoms with Gasteiger partial charge >= 0.3 is 0 Å². The number of hydrogen-bond acceptors (Lipinski definition) is 7. The molecule has 0 bridgehead atoms. The van der Waals surface area contributed by atoms with Gasteiger partial charge < -0.3 is 24.2 Å². The molecule has 1 aromatic carbocycles. The number of rotatable bonds is 5. The monoisotopic (exact) mass is 364 g/mol. The van der Waals surface area contributed by atoms with Gasteiger partial charge in [0.05, 0.1) is 22.0 Å². The second-order valence-corrected chi connectivity index (χ2v) is 6.55. The van der Waals surface area contributed by atoms with Gasteiger partial charge in [-0.3, -0.25) is 0 Å². The number of halogens is 1. The van der Waals surface area contributed by atoms with Crippen molar-refractivity contribution < 1.29 is 24.2 Å². The van der Waals surface area contributed by atoms with E-state index < -0.39 is 5.97 Å². The van der Waals surface area contributed by atoms with Crippen LogP contribution in [-0.2, 0) is 11.2 Å². The van der Waals surface area contributed by atoms with Crippen molar-refractivity contribution in [3.05, 3.63) is 40.4 Å². The number of phenols is 1. The van der Waals surface area contributed by atoms with Crippen LogP contribution in [-0.4, -0.2) is 23.2 Å². The average molecular weight is 365 g/mol. The Morgan fingerprint density at radius 3 is 2.83 bits per heavy atom. The standard InChI is InChI=1S/C16H12ClNO5S/c1-22-11-6-8(2-3-10(11)19)16-18-9(7-14(20)21)15(23-16)12-4-5-13(17)24-12/h2-6,19H,7H2,1H3,(H,20,21)/p-1. The summed E-state index contributed by atoms with van der Waals surface area (Å²) in [4.78, 5) is 15.9. The maximum Gasteiger partial charge on any atom is 0.227 e. The number of phenolic OH excluding ortho intramolecular Hbond substituents is 1.